The number of hydrogen-bond donors (Lipinski definition) is 1. The van der Waals surface area contributed by atoms with Gasteiger partial charge in [0.15, 0.2) is 0 Å². The number of aliphatic carboxylic acids is 1. The van der Waals surface area contributed by atoms with Crippen molar-refractivity contribution in [3.63, 3.8) is 0 Å². The lowest BCUT2D eigenvalue weighted by atomic mass is 9.77. The molecule has 1 aliphatic carbocycles. The summed E-state index contributed by atoms with van der Waals surface area (Å²) in [5.74, 6) is -1.84. The van der Waals surface area contributed by atoms with E-state index in [-0.39, 0.29) is 5.56 Å². The van der Waals surface area contributed by atoms with Gasteiger partial charge in [0.25, 0.3) is 0 Å². The maximum absolute atomic E-state index is 12.3. The van der Waals surface area contributed by atoms with E-state index in [1.807, 2.05) is 0 Å². The Kier molecular flexibility index (Phi) is 1.99. The average Bonchev–Trinajstić information content (AvgIpc) is 2.04. The second kappa shape index (κ2) is 2.98. The predicted molar refractivity (Wildman–Crippen MR) is 45.5 cm³/mol. The third-order valence-electron chi connectivity index (χ3n) is 2.57. The monoisotopic (exact) mass is 216 g/mol. The van der Waals surface area contributed by atoms with E-state index in [1.54, 1.807) is 0 Å². The summed E-state index contributed by atoms with van der Waals surface area (Å²) in [5, 5.41) is 8.69. The highest BCUT2D eigenvalue weighted by Gasteiger charge is 2.37. The van der Waals surface area contributed by atoms with Gasteiger partial charge in [0, 0.05) is 0 Å². The van der Waals surface area contributed by atoms with Gasteiger partial charge < -0.3 is 5.11 Å². The zero-order chi connectivity index (χ0) is 11.2. The molecule has 0 heterocycles. The lowest BCUT2D eigenvalue weighted by Crippen LogP contribution is -2.25. The molecule has 80 valence electrons. The molecule has 0 radical (unpaired) electrons. The van der Waals surface area contributed by atoms with E-state index >= 15 is 0 Å². The third kappa shape index (κ3) is 1.58. The molecule has 1 N–H and O–H groups in total. The van der Waals surface area contributed by atoms with Crippen LogP contribution >= 0.6 is 0 Å². The average molecular weight is 216 g/mol. The molecular formula is C10H7F3O2. The maximum atomic E-state index is 12.3. The molecule has 0 fully saturated rings. The van der Waals surface area contributed by atoms with Crippen molar-refractivity contribution < 1.29 is 23.1 Å². The Morgan fingerprint density at radius 3 is 2.60 bits per heavy atom. The number of carboxylic acid groups (broad SMARTS) is 1. The minimum Gasteiger partial charge on any atom is -0.481 e. The Labute approximate surface area is 83.3 Å². The molecule has 2 nitrogen and oxygen atoms in total. The quantitative estimate of drug-likeness (QED) is 0.782. The van der Waals surface area contributed by atoms with Crippen molar-refractivity contribution >= 4 is 5.97 Å². The summed E-state index contributed by atoms with van der Waals surface area (Å²) in [7, 11) is 0. The molecule has 2 rings (SSSR count). The molecule has 1 unspecified atom stereocenters. The number of fused-ring (bicyclic) bond motifs is 1. The van der Waals surface area contributed by atoms with Gasteiger partial charge in [-0.05, 0) is 29.7 Å². The summed E-state index contributed by atoms with van der Waals surface area (Å²) in [6.07, 6.45) is -4.09. The van der Waals surface area contributed by atoms with E-state index in [1.165, 1.54) is 6.07 Å². The smallest absolute Gasteiger partial charge is 0.416 e. The highest BCUT2D eigenvalue weighted by atomic mass is 19.4. The van der Waals surface area contributed by atoms with Crippen LogP contribution in [-0.4, -0.2) is 11.1 Å². The summed E-state index contributed by atoms with van der Waals surface area (Å²) in [4.78, 5) is 10.6. The van der Waals surface area contributed by atoms with Crippen LogP contribution in [0.5, 0.6) is 0 Å². The lowest BCUT2D eigenvalue weighted by molar-refractivity contribution is -0.140. The van der Waals surface area contributed by atoms with Crippen molar-refractivity contribution in [2.45, 2.75) is 18.5 Å². The van der Waals surface area contributed by atoms with Crippen LogP contribution in [0.2, 0.25) is 0 Å². The standard InChI is InChI=1S/C10H7F3O2/c11-10(12,13)6-2-1-5-3-8(9(14)15)7(5)4-6/h1-2,4,8H,3H2,(H,14,15). The highest BCUT2D eigenvalue weighted by Crippen LogP contribution is 2.39. The van der Waals surface area contributed by atoms with Gasteiger partial charge in [-0.25, -0.2) is 0 Å². The molecule has 0 spiro atoms. The summed E-state index contributed by atoms with van der Waals surface area (Å²) < 4.78 is 36.9. The molecule has 0 saturated heterocycles. The first-order chi connectivity index (χ1) is 6.89. The van der Waals surface area contributed by atoms with Crippen molar-refractivity contribution in [3.05, 3.63) is 34.9 Å². The number of alkyl halides is 3. The SMILES string of the molecule is O=C(O)C1Cc2ccc(C(F)(F)F)cc21. The van der Waals surface area contributed by atoms with Gasteiger partial charge in [-0.1, -0.05) is 6.07 Å². The summed E-state index contributed by atoms with van der Waals surface area (Å²) >= 11 is 0. The number of carbonyl (C=O) groups is 1. The topological polar surface area (TPSA) is 37.3 Å². The maximum Gasteiger partial charge on any atom is 0.416 e. The van der Waals surface area contributed by atoms with Crippen LogP contribution in [0.1, 0.15) is 22.6 Å². The first-order valence-corrected chi connectivity index (χ1v) is 4.32. The third-order valence-corrected chi connectivity index (χ3v) is 2.57. The van der Waals surface area contributed by atoms with Crippen LogP contribution in [0.4, 0.5) is 13.2 Å². The number of halogens is 3. The summed E-state index contributed by atoms with van der Waals surface area (Å²) in [5.41, 5.74) is 0.194. The Balaban J connectivity index is 2.39. The first kappa shape index (κ1) is 10.0. The fraction of sp³-hybridized carbons (Fsp3) is 0.300. The van der Waals surface area contributed by atoms with Crippen LogP contribution in [0.3, 0.4) is 0 Å². The van der Waals surface area contributed by atoms with Crippen molar-refractivity contribution in [3.8, 4) is 0 Å². The molecule has 1 aromatic carbocycles. The Morgan fingerprint density at radius 2 is 2.07 bits per heavy atom. The van der Waals surface area contributed by atoms with Crippen LogP contribution in [0.25, 0.3) is 0 Å². The summed E-state index contributed by atoms with van der Waals surface area (Å²) in [6.45, 7) is 0. The molecule has 0 saturated carbocycles. The van der Waals surface area contributed by atoms with Crippen LogP contribution in [0.15, 0.2) is 18.2 Å². The van der Waals surface area contributed by atoms with Gasteiger partial charge in [0.1, 0.15) is 0 Å². The van der Waals surface area contributed by atoms with Gasteiger partial charge in [-0.3, -0.25) is 4.79 Å². The van der Waals surface area contributed by atoms with E-state index in [2.05, 4.69) is 0 Å². The van der Waals surface area contributed by atoms with Gasteiger partial charge in [-0.15, -0.1) is 0 Å². The molecule has 15 heavy (non-hydrogen) atoms. The van der Waals surface area contributed by atoms with Crippen molar-refractivity contribution in [2.75, 3.05) is 0 Å². The van der Waals surface area contributed by atoms with Crippen molar-refractivity contribution in [1.82, 2.24) is 0 Å². The minimum atomic E-state index is -4.41. The van der Waals surface area contributed by atoms with Gasteiger partial charge in [0.05, 0.1) is 11.5 Å². The Morgan fingerprint density at radius 1 is 1.40 bits per heavy atom. The molecule has 0 aromatic heterocycles. The molecule has 1 aromatic rings. The zero-order valence-corrected chi connectivity index (χ0v) is 7.51. The molecule has 1 atom stereocenters. The first-order valence-electron chi connectivity index (χ1n) is 4.32. The second-order valence-corrected chi connectivity index (χ2v) is 3.51. The van der Waals surface area contributed by atoms with Crippen LogP contribution in [-0.2, 0) is 17.4 Å². The molecule has 1 aliphatic rings. The zero-order valence-electron chi connectivity index (χ0n) is 7.51. The van der Waals surface area contributed by atoms with Gasteiger partial charge in [0.2, 0.25) is 0 Å². The number of hydrogen-bond acceptors (Lipinski definition) is 1. The highest BCUT2D eigenvalue weighted by molar-refractivity contribution is 5.80. The number of rotatable bonds is 1. The normalized spacial score (nSPS) is 19.3. The molecule has 0 amide bonds. The van der Waals surface area contributed by atoms with Crippen molar-refractivity contribution in [1.29, 1.82) is 0 Å². The van der Waals surface area contributed by atoms with E-state index < -0.39 is 23.6 Å². The second-order valence-electron chi connectivity index (χ2n) is 3.51. The van der Waals surface area contributed by atoms with E-state index in [9.17, 15) is 18.0 Å². The predicted octanol–water partition coefficient (Wildman–Crippen LogP) is 2.43. The minimum absolute atomic E-state index is 0.289. The van der Waals surface area contributed by atoms with E-state index in [0.717, 1.165) is 12.1 Å². The number of carboxylic acids is 1. The molecule has 5 heteroatoms. The number of benzene rings is 1. The van der Waals surface area contributed by atoms with E-state index in [0.29, 0.717) is 12.0 Å². The largest absolute Gasteiger partial charge is 0.481 e. The van der Waals surface area contributed by atoms with Gasteiger partial charge in [-0.2, -0.15) is 13.2 Å². The van der Waals surface area contributed by atoms with Crippen LogP contribution in [0, 0.1) is 0 Å². The van der Waals surface area contributed by atoms with Crippen LogP contribution < -0.4 is 0 Å². The Hall–Kier alpha value is -1.52. The molecule has 0 aliphatic heterocycles. The fourth-order valence-corrected chi connectivity index (χ4v) is 1.70. The van der Waals surface area contributed by atoms with E-state index in [4.69, 9.17) is 5.11 Å². The van der Waals surface area contributed by atoms with Crippen molar-refractivity contribution in [2.24, 2.45) is 0 Å². The summed E-state index contributed by atoms with van der Waals surface area (Å²) in [6, 6.07) is 3.26. The lowest BCUT2D eigenvalue weighted by Gasteiger charge is -2.27. The fourth-order valence-electron chi connectivity index (χ4n) is 1.70. The molecule has 0 bridgehead atoms. The van der Waals surface area contributed by atoms with Gasteiger partial charge >= 0.3 is 12.1 Å². The molecular weight excluding hydrogens is 209 g/mol. The Bertz CT molecular complexity index is 423.